The average molecular weight is 317 g/mol. The van der Waals surface area contributed by atoms with Crippen LogP contribution in [0.2, 0.25) is 0 Å². The summed E-state index contributed by atoms with van der Waals surface area (Å²) in [6, 6.07) is 27.2. The molecule has 0 heterocycles. The van der Waals surface area contributed by atoms with E-state index >= 15 is 0 Å². The Morgan fingerprint density at radius 3 is 2.17 bits per heavy atom. The smallest absolute Gasteiger partial charge is 0.119 e. The minimum absolute atomic E-state index is 0.695. The van der Waals surface area contributed by atoms with Crippen molar-refractivity contribution in [3.05, 3.63) is 95.6 Å². The van der Waals surface area contributed by atoms with Crippen molar-refractivity contribution >= 4 is 5.69 Å². The van der Waals surface area contributed by atoms with Crippen LogP contribution in [0, 0.1) is 6.92 Å². The molecule has 1 N–H and O–H groups in total. The van der Waals surface area contributed by atoms with Gasteiger partial charge in [0.2, 0.25) is 0 Å². The quantitative estimate of drug-likeness (QED) is 0.644. The summed E-state index contributed by atoms with van der Waals surface area (Å²) in [6.45, 7) is 3.63. The summed E-state index contributed by atoms with van der Waals surface area (Å²) in [7, 11) is 0. The van der Waals surface area contributed by atoms with Gasteiger partial charge in [-0.25, -0.2) is 0 Å². The Bertz CT molecular complexity index is 733. The molecule has 0 unspecified atom stereocenters. The molecular formula is C22H23NO. The maximum absolute atomic E-state index is 5.81. The van der Waals surface area contributed by atoms with Gasteiger partial charge in [-0.05, 0) is 42.3 Å². The summed E-state index contributed by atoms with van der Waals surface area (Å²) in [5.41, 5.74) is 4.97. The Morgan fingerprint density at radius 2 is 1.46 bits per heavy atom. The highest BCUT2D eigenvalue weighted by Crippen LogP contribution is 2.17. The van der Waals surface area contributed by atoms with E-state index in [4.69, 9.17) is 4.74 Å². The van der Waals surface area contributed by atoms with Crippen molar-refractivity contribution in [1.29, 1.82) is 0 Å². The maximum Gasteiger partial charge on any atom is 0.119 e. The van der Waals surface area contributed by atoms with Crippen LogP contribution in [0.1, 0.15) is 16.7 Å². The lowest BCUT2D eigenvalue weighted by atomic mass is 10.1. The molecule has 0 saturated heterocycles. The first kappa shape index (κ1) is 16.1. The molecule has 0 aromatic heterocycles. The second-order valence-electron chi connectivity index (χ2n) is 5.95. The van der Waals surface area contributed by atoms with Crippen molar-refractivity contribution in [3.8, 4) is 5.75 Å². The molecule has 0 saturated carbocycles. The zero-order chi connectivity index (χ0) is 16.6. The topological polar surface area (TPSA) is 21.3 Å². The number of aryl methyl sites for hydroxylation is 1. The van der Waals surface area contributed by atoms with Gasteiger partial charge in [-0.3, -0.25) is 0 Å². The van der Waals surface area contributed by atoms with Gasteiger partial charge in [0.25, 0.3) is 0 Å². The van der Waals surface area contributed by atoms with E-state index in [1.165, 1.54) is 16.7 Å². The van der Waals surface area contributed by atoms with Crippen molar-refractivity contribution in [3.63, 3.8) is 0 Å². The molecule has 0 radical (unpaired) electrons. The van der Waals surface area contributed by atoms with Crippen molar-refractivity contribution in [2.24, 2.45) is 0 Å². The minimum Gasteiger partial charge on any atom is -0.493 e. The van der Waals surface area contributed by atoms with E-state index < -0.39 is 0 Å². The largest absolute Gasteiger partial charge is 0.493 e. The van der Waals surface area contributed by atoms with Crippen LogP contribution >= 0.6 is 0 Å². The number of nitrogens with one attached hydrogen (secondary N) is 1. The van der Waals surface area contributed by atoms with E-state index in [9.17, 15) is 0 Å². The molecule has 0 atom stereocenters. The molecule has 0 bridgehead atoms. The van der Waals surface area contributed by atoms with Gasteiger partial charge in [0.1, 0.15) is 5.75 Å². The van der Waals surface area contributed by atoms with Gasteiger partial charge in [-0.1, -0.05) is 60.2 Å². The first-order chi connectivity index (χ1) is 11.8. The van der Waals surface area contributed by atoms with Crippen LogP contribution in [0.25, 0.3) is 0 Å². The van der Waals surface area contributed by atoms with Gasteiger partial charge < -0.3 is 10.1 Å². The Kier molecular flexibility index (Phi) is 5.52. The third-order valence-corrected chi connectivity index (χ3v) is 3.97. The Morgan fingerprint density at radius 1 is 0.750 bits per heavy atom. The van der Waals surface area contributed by atoms with Crippen molar-refractivity contribution < 1.29 is 4.74 Å². The van der Waals surface area contributed by atoms with Gasteiger partial charge in [0.05, 0.1) is 6.61 Å². The van der Waals surface area contributed by atoms with E-state index in [0.717, 1.165) is 24.4 Å². The van der Waals surface area contributed by atoms with Crippen LogP contribution in [0.3, 0.4) is 0 Å². The Hall–Kier alpha value is -2.74. The minimum atomic E-state index is 0.695. The third kappa shape index (κ3) is 4.88. The lowest BCUT2D eigenvalue weighted by Gasteiger charge is -2.09. The van der Waals surface area contributed by atoms with Gasteiger partial charge in [0, 0.05) is 18.7 Å². The van der Waals surface area contributed by atoms with Gasteiger partial charge in [-0.2, -0.15) is 0 Å². The number of hydrogen-bond acceptors (Lipinski definition) is 2. The lowest BCUT2D eigenvalue weighted by Crippen LogP contribution is -2.02. The first-order valence-corrected chi connectivity index (χ1v) is 8.36. The van der Waals surface area contributed by atoms with Crippen LogP contribution in [0.4, 0.5) is 5.69 Å². The zero-order valence-corrected chi connectivity index (χ0v) is 14.0. The summed E-state index contributed by atoms with van der Waals surface area (Å²) in [6.07, 6.45) is 0.925. The fraction of sp³-hybridized carbons (Fsp3) is 0.182. The van der Waals surface area contributed by atoms with Crippen molar-refractivity contribution in [1.82, 2.24) is 0 Å². The van der Waals surface area contributed by atoms with Crippen LogP contribution < -0.4 is 10.1 Å². The first-order valence-electron chi connectivity index (χ1n) is 8.36. The SMILES string of the molecule is Cc1ccc(CNc2ccc(OCCc3ccccc3)cc2)cc1. The monoisotopic (exact) mass is 317 g/mol. The van der Waals surface area contributed by atoms with Crippen LogP contribution in [-0.4, -0.2) is 6.61 Å². The molecule has 3 aromatic rings. The number of anilines is 1. The van der Waals surface area contributed by atoms with Crippen molar-refractivity contribution in [2.45, 2.75) is 19.9 Å². The molecule has 3 aromatic carbocycles. The summed E-state index contributed by atoms with van der Waals surface area (Å²) in [5.74, 6) is 0.909. The highest BCUT2D eigenvalue weighted by Gasteiger charge is 1.98. The van der Waals surface area contributed by atoms with Gasteiger partial charge >= 0.3 is 0 Å². The Labute approximate surface area is 144 Å². The molecule has 2 heteroatoms. The number of ether oxygens (including phenoxy) is 1. The van der Waals surface area contributed by atoms with Crippen molar-refractivity contribution in [2.75, 3.05) is 11.9 Å². The number of benzene rings is 3. The van der Waals surface area contributed by atoms with E-state index in [1.54, 1.807) is 0 Å². The molecular weight excluding hydrogens is 294 g/mol. The molecule has 2 nitrogen and oxygen atoms in total. The highest BCUT2D eigenvalue weighted by molar-refractivity contribution is 5.46. The molecule has 0 aliphatic carbocycles. The molecule has 24 heavy (non-hydrogen) atoms. The molecule has 0 spiro atoms. The lowest BCUT2D eigenvalue weighted by molar-refractivity contribution is 0.322. The fourth-order valence-electron chi connectivity index (χ4n) is 2.51. The second-order valence-corrected chi connectivity index (χ2v) is 5.95. The zero-order valence-electron chi connectivity index (χ0n) is 14.0. The predicted molar refractivity (Wildman–Crippen MR) is 101 cm³/mol. The average Bonchev–Trinajstić information content (AvgIpc) is 2.63. The Balaban J connectivity index is 1.45. The van der Waals surface area contributed by atoms with Gasteiger partial charge in [-0.15, -0.1) is 0 Å². The highest BCUT2D eigenvalue weighted by atomic mass is 16.5. The molecule has 0 fully saturated rings. The summed E-state index contributed by atoms with van der Waals surface area (Å²) < 4.78 is 5.81. The molecule has 122 valence electrons. The standard InChI is InChI=1S/C22H23NO/c1-18-7-9-20(10-8-18)17-23-21-11-13-22(14-12-21)24-16-15-19-5-3-2-4-6-19/h2-14,23H,15-17H2,1H3. The van der Waals surface area contributed by atoms with E-state index in [2.05, 4.69) is 72.9 Å². The normalized spacial score (nSPS) is 10.4. The van der Waals surface area contributed by atoms with E-state index in [0.29, 0.717) is 6.61 Å². The van der Waals surface area contributed by atoms with Crippen LogP contribution in [0.15, 0.2) is 78.9 Å². The molecule has 0 aliphatic heterocycles. The predicted octanol–water partition coefficient (Wildman–Crippen LogP) is 5.23. The second kappa shape index (κ2) is 8.21. The summed E-state index contributed by atoms with van der Waals surface area (Å²) in [4.78, 5) is 0. The molecule has 3 rings (SSSR count). The van der Waals surface area contributed by atoms with Crippen LogP contribution in [-0.2, 0) is 13.0 Å². The number of hydrogen-bond donors (Lipinski definition) is 1. The summed E-state index contributed by atoms with van der Waals surface area (Å²) in [5, 5.41) is 3.43. The van der Waals surface area contributed by atoms with E-state index in [-0.39, 0.29) is 0 Å². The van der Waals surface area contributed by atoms with E-state index in [1.807, 2.05) is 18.2 Å². The maximum atomic E-state index is 5.81. The fourth-order valence-corrected chi connectivity index (χ4v) is 2.51. The molecule has 0 amide bonds. The van der Waals surface area contributed by atoms with Gasteiger partial charge in [0.15, 0.2) is 0 Å². The number of rotatable bonds is 7. The third-order valence-electron chi connectivity index (χ3n) is 3.97. The molecule has 0 aliphatic rings. The van der Waals surface area contributed by atoms with Crippen LogP contribution in [0.5, 0.6) is 5.75 Å². The summed E-state index contributed by atoms with van der Waals surface area (Å²) >= 11 is 0.